The van der Waals surface area contributed by atoms with Crippen LogP contribution in [0.25, 0.3) is 0 Å². The van der Waals surface area contributed by atoms with Crippen molar-refractivity contribution in [3.8, 4) is 0 Å². The van der Waals surface area contributed by atoms with Crippen LogP contribution in [0, 0.1) is 5.82 Å². The van der Waals surface area contributed by atoms with Gasteiger partial charge in [-0.2, -0.15) is 0 Å². The van der Waals surface area contributed by atoms with Crippen LogP contribution >= 0.6 is 43.5 Å². The molecule has 0 aliphatic rings. The zero-order valence-corrected chi connectivity index (χ0v) is 13.3. The van der Waals surface area contributed by atoms with Crippen LogP contribution in [0.15, 0.2) is 51.4 Å². The molecule has 0 radical (unpaired) electrons. The quantitative estimate of drug-likeness (QED) is 0.573. The molecule has 0 aromatic heterocycles. The van der Waals surface area contributed by atoms with Gasteiger partial charge in [0.05, 0.1) is 5.38 Å². The highest BCUT2D eigenvalue weighted by molar-refractivity contribution is 9.10. The van der Waals surface area contributed by atoms with Crippen LogP contribution in [0.4, 0.5) is 4.39 Å². The minimum absolute atomic E-state index is 0.238. The molecule has 94 valence electrons. The average molecular weight is 392 g/mol. The lowest BCUT2D eigenvalue weighted by Gasteiger charge is -2.11. The third-order valence-corrected chi connectivity index (χ3v) is 3.97. The molecule has 0 fully saturated rings. The minimum atomic E-state index is -0.277. The van der Waals surface area contributed by atoms with Gasteiger partial charge in [0.25, 0.3) is 0 Å². The minimum Gasteiger partial charge on any atom is -0.207 e. The van der Waals surface area contributed by atoms with E-state index in [0.717, 1.165) is 15.6 Å². The smallest absolute Gasteiger partial charge is 0.124 e. The number of hydrogen-bond donors (Lipinski definition) is 0. The second-order valence-electron chi connectivity index (χ2n) is 4.00. The molecule has 0 bridgehead atoms. The number of benzene rings is 2. The molecule has 0 heterocycles. The molecule has 4 heteroatoms. The van der Waals surface area contributed by atoms with E-state index in [9.17, 15) is 4.39 Å². The van der Waals surface area contributed by atoms with E-state index in [4.69, 9.17) is 11.6 Å². The van der Waals surface area contributed by atoms with Crippen molar-refractivity contribution in [3.63, 3.8) is 0 Å². The van der Waals surface area contributed by atoms with Crippen LogP contribution in [0.5, 0.6) is 0 Å². The SMILES string of the molecule is Fc1cc(Br)cc(C(Cl)Cc2ccc(Br)cc2)c1. The fourth-order valence-corrected chi connectivity index (χ4v) is 2.75. The van der Waals surface area contributed by atoms with Gasteiger partial charge in [0, 0.05) is 8.95 Å². The zero-order valence-electron chi connectivity index (χ0n) is 9.34. The van der Waals surface area contributed by atoms with E-state index in [1.807, 2.05) is 30.3 Å². The Kier molecular flexibility index (Phi) is 4.82. The van der Waals surface area contributed by atoms with Gasteiger partial charge in [-0.05, 0) is 47.9 Å². The molecule has 1 unspecified atom stereocenters. The van der Waals surface area contributed by atoms with Crippen LogP contribution in [-0.2, 0) is 6.42 Å². The highest BCUT2D eigenvalue weighted by Gasteiger charge is 2.11. The molecule has 1 atom stereocenters. The van der Waals surface area contributed by atoms with E-state index in [0.29, 0.717) is 10.9 Å². The number of hydrogen-bond acceptors (Lipinski definition) is 0. The Bertz CT molecular complexity index is 520. The van der Waals surface area contributed by atoms with Crippen molar-refractivity contribution in [1.29, 1.82) is 0 Å². The normalized spacial score (nSPS) is 12.4. The Morgan fingerprint density at radius 2 is 1.67 bits per heavy atom. The molecule has 2 aromatic rings. The first kappa shape index (κ1) is 14.0. The maximum absolute atomic E-state index is 13.3. The van der Waals surface area contributed by atoms with E-state index in [1.165, 1.54) is 12.1 Å². The van der Waals surface area contributed by atoms with Gasteiger partial charge < -0.3 is 0 Å². The molecule has 2 aromatic carbocycles. The summed E-state index contributed by atoms with van der Waals surface area (Å²) < 4.78 is 15.0. The molecular weight excluding hydrogens is 382 g/mol. The zero-order chi connectivity index (χ0) is 13.1. The molecule has 0 saturated carbocycles. The lowest BCUT2D eigenvalue weighted by atomic mass is 10.0. The Morgan fingerprint density at radius 1 is 1.00 bits per heavy atom. The maximum atomic E-state index is 13.3. The van der Waals surface area contributed by atoms with E-state index in [-0.39, 0.29) is 11.2 Å². The fourth-order valence-electron chi connectivity index (χ4n) is 1.70. The van der Waals surface area contributed by atoms with E-state index in [1.54, 1.807) is 0 Å². The predicted molar refractivity (Wildman–Crippen MR) is 80.5 cm³/mol. The first-order valence-electron chi connectivity index (χ1n) is 5.39. The Labute approximate surface area is 127 Å². The largest absolute Gasteiger partial charge is 0.207 e. The van der Waals surface area contributed by atoms with E-state index < -0.39 is 0 Å². The first-order chi connectivity index (χ1) is 8.54. The van der Waals surface area contributed by atoms with Gasteiger partial charge in [-0.3, -0.25) is 0 Å². The molecule has 0 amide bonds. The van der Waals surface area contributed by atoms with Crippen LogP contribution in [0.2, 0.25) is 0 Å². The van der Waals surface area contributed by atoms with Crippen molar-refractivity contribution < 1.29 is 4.39 Å². The van der Waals surface area contributed by atoms with Crippen molar-refractivity contribution >= 4 is 43.5 Å². The summed E-state index contributed by atoms with van der Waals surface area (Å²) in [6.07, 6.45) is 0.671. The Morgan fingerprint density at radius 3 is 2.28 bits per heavy atom. The lowest BCUT2D eigenvalue weighted by Crippen LogP contribution is -1.96. The average Bonchev–Trinajstić information content (AvgIpc) is 2.31. The second-order valence-corrected chi connectivity index (χ2v) is 6.36. The number of halogens is 4. The van der Waals surface area contributed by atoms with E-state index >= 15 is 0 Å². The summed E-state index contributed by atoms with van der Waals surface area (Å²) in [4.78, 5) is 0. The van der Waals surface area contributed by atoms with Gasteiger partial charge in [0.1, 0.15) is 5.82 Å². The van der Waals surface area contributed by atoms with Crippen molar-refractivity contribution in [2.24, 2.45) is 0 Å². The molecular formula is C14H10Br2ClF. The Hall–Kier alpha value is -0.380. The van der Waals surface area contributed by atoms with Gasteiger partial charge in [-0.25, -0.2) is 4.39 Å². The van der Waals surface area contributed by atoms with E-state index in [2.05, 4.69) is 31.9 Å². The second kappa shape index (κ2) is 6.18. The first-order valence-corrected chi connectivity index (χ1v) is 7.41. The highest BCUT2D eigenvalue weighted by atomic mass is 79.9. The van der Waals surface area contributed by atoms with Gasteiger partial charge in [-0.1, -0.05) is 44.0 Å². The monoisotopic (exact) mass is 390 g/mol. The van der Waals surface area contributed by atoms with Crippen LogP contribution < -0.4 is 0 Å². The van der Waals surface area contributed by atoms with Gasteiger partial charge in [0.2, 0.25) is 0 Å². The molecule has 0 spiro atoms. The third kappa shape index (κ3) is 3.81. The molecule has 0 aliphatic heterocycles. The molecule has 2 rings (SSSR count). The molecule has 0 saturated heterocycles. The summed E-state index contributed by atoms with van der Waals surface area (Å²) in [6.45, 7) is 0. The van der Waals surface area contributed by atoms with Crippen molar-refractivity contribution in [3.05, 3.63) is 68.4 Å². The van der Waals surface area contributed by atoms with Crippen LogP contribution in [0.1, 0.15) is 16.5 Å². The summed E-state index contributed by atoms with van der Waals surface area (Å²) in [5.74, 6) is -0.277. The predicted octanol–water partition coefficient (Wildman–Crippen LogP) is 5.87. The summed E-state index contributed by atoms with van der Waals surface area (Å²) in [5.41, 5.74) is 1.91. The fraction of sp³-hybridized carbons (Fsp3) is 0.143. The highest BCUT2D eigenvalue weighted by Crippen LogP contribution is 2.28. The maximum Gasteiger partial charge on any atom is 0.124 e. The summed E-state index contributed by atoms with van der Waals surface area (Å²) >= 11 is 13.0. The van der Waals surface area contributed by atoms with Gasteiger partial charge in [0.15, 0.2) is 0 Å². The van der Waals surface area contributed by atoms with Crippen molar-refractivity contribution in [2.75, 3.05) is 0 Å². The Balaban J connectivity index is 2.16. The molecule has 18 heavy (non-hydrogen) atoms. The standard InChI is InChI=1S/C14H10Br2ClF/c15-11-3-1-9(2-4-11)5-14(17)10-6-12(16)8-13(18)7-10/h1-4,6-8,14H,5H2. The number of alkyl halides is 1. The lowest BCUT2D eigenvalue weighted by molar-refractivity contribution is 0.623. The summed E-state index contributed by atoms with van der Waals surface area (Å²) in [5, 5.41) is -0.238. The van der Waals surface area contributed by atoms with Crippen LogP contribution in [0.3, 0.4) is 0 Å². The topological polar surface area (TPSA) is 0 Å². The number of rotatable bonds is 3. The third-order valence-electron chi connectivity index (χ3n) is 2.57. The van der Waals surface area contributed by atoms with Gasteiger partial charge >= 0.3 is 0 Å². The molecule has 0 aliphatic carbocycles. The van der Waals surface area contributed by atoms with Crippen molar-refractivity contribution in [1.82, 2.24) is 0 Å². The van der Waals surface area contributed by atoms with Gasteiger partial charge in [-0.15, -0.1) is 11.6 Å². The molecule has 0 nitrogen and oxygen atoms in total. The summed E-state index contributed by atoms with van der Waals surface area (Å²) in [6, 6.07) is 12.7. The van der Waals surface area contributed by atoms with Crippen LogP contribution in [-0.4, -0.2) is 0 Å². The summed E-state index contributed by atoms with van der Waals surface area (Å²) in [7, 11) is 0. The molecule has 0 N–H and O–H groups in total. The van der Waals surface area contributed by atoms with Crippen molar-refractivity contribution in [2.45, 2.75) is 11.8 Å².